The Kier molecular flexibility index (Phi) is 2.27. The molecule has 0 bridgehead atoms. The van der Waals surface area contributed by atoms with Crippen LogP contribution in [0, 0.1) is 11.3 Å². The van der Waals surface area contributed by atoms with Gasteiger partial charge < -0.3 is 4.98 Å². The molecule has 2 rings (SSSR count). The van der Waals surface area contributed by atoms with Crippen LogP contribution in [0.4, 0.5) is 8.78 Å². The third kappa shape index (κ3) is 1.75. The number of H-pyrrole nitrogens is 1. The van der Waals surface area contributed by atoms with Crippen molar-refractivity contribution >= 4 is 0 Å². The van der Waals surface area contributed by atoms with E-state index in [9.17, 15) is 13.6 Å². The summed E-state index contributed by atoms with van der Waals surface area (Å²) in [6.45, 7) is 0. The highest BCUT2D eigenvalue weighted by Crippen LogP contribution is 2.41. The van der Waals surface area contributed by atoms with Gasteiger partial charge in [-0.05, 0) is 30.4 Å². The first-order valence-corrected chi connectivity index (χ1v) is 4.59. The van der Waals surface area contributed by atoms with E-state index in [1.807, 2.05) is 4.98 Å². The molecule has 0 aromatic carbocycles. The largest absolute Gasteiger partial charge is 0.320 e. The predicted octanol–water partition coefficient (Wildman–Crippen LogP) is 2.06. The molecular weight excluding hydrogens is 202 g/mol. The van der Waals surface area contributed by atoms with E-state index in [2.05, 4.69) is 0 Å². The van der Waals surface area contributed by atoms with Gasteiger partial charge >= 0.3 is 0 Å². The highest BCUT2D eigenvalue weighted by Gasteiger charge is 2.28. The molecule has 3 nitrogen and oxygen atoms in total. The molecule has 1 aliphatic rings. The van der Waals surface area contributed by atoms with Crippen molar-refractivity contribution in [1.82, 2.24) is 4.98 Å². The van der Waals surface area contributed by atoms with E-state index in [0.717, 1.165) is 12.8 Å². The number of halogens is 2. The summed E-state index contributed by atoms with van der Waals surface area (Å²) in [6, 6.07) is 3.00. The Hall–Kier alpha value is -1.70. The molecular formula is C10H8F2N2O. The number of hydrogen-bond acceptors (Lipinski definition) is 2. The minimum absolute atomic E-state index is 0.0260. The fourth-order valence-electron chi connectivity index (χ4n) is 1.55. The predicted molar refractivity (Wildman–Crippen MR) is 48.7 cm³/mol. The Labute approximate surface area is 84.4 Å². The average Bonchev–Trinajstić information content (AvgIpc) is 2.99. The number of hydrogen-bond donors (Lipinski definition) is 1. The van der Waals surface area contributed by atoms with E-state index < -0.39 is 17.7 Å². The number of pyridine rings is 1. The SMILES string of the molecule is N#Cc1c(C2CC2)cc(C(F)F)[nH]c1=O. The standard InChI is InChI=1S/C10H8F2N2O/c11-9(12)8-3-6(5-1-2-5)7(4-13)10(15)14-8/h3,5,9H,1-2H2,(H,14,15). The van der Waals surface area contributed by atoms with Crippen molar-refractivity contribution in [3.05, 3.63) is 33.2 Å². The normalized spacial score (nSPS) is 15.3. The van der Waals surface area contributed by atoms with Crippen molar-refractivity contribution in [2.45, 2.75) is 25.2 Å². The van der Waals surface area contributed by atoms with Gasteiger partial charge in [0.1, 0.15) is 11.6 Å². The monoisotopic (exact) mass is 210 g/mol. The van der Waals surface area contributed by atoms with Crippen LogP contribution in [-0.4, -0.2) is 4.98 Å². The molecule has 5 heteroatoms. The zero-order valence-corrected chi connectivity index (χ0v) is 7.76. The first kappa shape index (κ1) is 9.84. The highest BCUT2D eigenvalue weighted by molar-refractivity contribution is 5.41. The van der Waals surface area contributed by atoms with Gasteiger partial charge in [0.05, 0.1) is 5.69 Å². The molecule has 0 spiro atoms. The zero-order valence-electron chi connectivity index (χ0n) is 7.76. The van der Waals surface area contributed by atoms with Crippen LogP contribution in [0.1, 0.15) is 42.0 Å². The lowest BCUT2D eigenvalue weighted by Crippen LogP contribution is -2.15. The molecule has 1 saturated carbocycles. The van der Waals surface area contributed by atoms with E-state index in [4.69, 9.17) is 5.26 Å². The minimum Gasteiger partial charge on any atom is -0.320 e. The maximum Gasteiger partial charge on any atom is 0.278 e. The summed E-state index contributed by atoms with van der Waals surface area (Å²) < 4.78 is 24.8. The van der Waals surface area contributed by atoms with Crippen LogP contribution < -0.4 is 5.56 Å². The first-order chi connectivity index (χ1) is 7.13. The average molecular weight is 210 g/mol. The lowest BCUT2D eigenvalue weighted by Gasteiger charge is -2.04. The fourth-order valence-corrected chi connectivity index (χ4v) is 1.55. The number of aromatic amines is 1. The summed E-state index contributed by atoms with van der Waals surface area (Å²) in [5, 5.41) is 8.75. The quantitative estimate of drug-likeness (QED) is 0.812. The van der Waals surface area contributed by atoms with Gasteiger partial charge in [0.2, 0.25) is 0 Å². The molecule has 1 N–H and O–H groups in total. The molecule has 1 aliphatic carbocycles. The Morgan fingerprint density at radius 1 is 1.53 bits per heavy atom. The van der Waals surface area contributed by atoms with Crippen LogP contribution in [0.5, 0.6) is 0 Å². The molecule has 1 heterocycles. The van der Waals surface area contributed by atoms with Gasteiger partial charge in [-0.2, -0.15) is 5.26 Å². The van der Waals surface area contributed by atoms with E-state index >= 15 is 0 Å². The first-order valence-electron chi connectivity index (χ1n) is 4.59. The van der Waals surface area contributed by atoms with Crippen LogP contribution in [0.3, 0.4) is 0 Å². The van der Waals surface area contributed by atoms with Crippen molar-refractivity contribution in [2.75, 3.05) is 0 Å². The lowest BCUT2D eigenvalue weighted by atomic mass is 10.1. The van der Waals surface area contributed by atoms with Crippen molar-refractivity contribution in [1.29, 1.82) is 5.26 Å². The Morgan fingerprint density at radius 2 is 2.20 bits per heavy atom. The van der Waals surface area contributed by atoms with Gasteiger partial charge in [-0.15, -0.1) is 0 Å². The van der Waals surface area contributed by atoms with Crippen molar-refractivity contribution in [3.8, 4) is 6.07 Å². The number of nitrogens with zero attached hydrogens (tertiary/aromatic N) is 1. The van der Waals surface area contributed by atoms with E-state index in [1.54, 1.807) is 6.07 Å². The molecule has 0 atom stereocenters. The topological polar surface area (TPSA) is 56.6 Å². The number of alkyl halides is 2. The molecule has 1 aromatic rings. The number of nitrogens with one attached hydrogen (secondary N) is 1. The van der Waals surface area contributed by atoms with Gasteiger partial charge in [-0.3, -0.25) is 4.79 Å². The van der Waals surface area contributed by atoms with Gasteiger partial charge in [0.25, 0.3) is 12.0 Å². The minimum atomic E-state index is -2.71. The Morgan fingerprint density at radius 3 is 2.67 bits per heavy atom. The Bertz CT molecular complexity index is 483. The summed E-state index contributed by atoms with van der Waals surface area (Å²) in [4.78, 5) is 13.3. The smallest absolute Gasteiger partial charge is 0.278 e. The van der Waals surface area contributed by atoms with E-state index in [0.29, 0.717) is 5.56 Å². The molecule has 15 heavy (non-hydrogen) atoms. The zero-order chi connectivity index (χ0) is 11.0. The Balaban J connectivity index is 2.59. The highest BCUT2D eigenvalue weighted by atomic mass is 19.3. The van der Waals surface area contributed by atoms with Crippen LogP contribution in [0.25, 0.3) is 0 Å². The second-order valence-corrected chi connectivity index (χ2v) is 3.57. The maximum atomic E-state index is 12.4. The van der Waals surface area contributed by atoms with Gasteiger partial charge in [0.15, 0.2) is 0 Å². The van der Waals surface area contributed by atoms with Crippen LogP contribution in [0.15, 0.2) is 10.9 Å². The molecule has 0 radical (unpaired) electrons. The lowest BCUT2D eigenvalue weighted by molar-refractivity contribution is 0.145. The molecule has 0 saturated heterocycles. The molecule has 0 amide bonds. The molecule has 1 fully saturated rings. The van der Waals surface area contributed by atoms with Crippen LogP contribution in [0.2, 0.25) is 0 Å². The van der Waals surface area contributed by atoms with Crippen LogP contribution >= 0.6 is 0 Å². The molecule has 0 aliphatic heterocycles. The van der Waals surface area contributed by atoms with Crippen LogP contribution in [-0.2, 0) is 0 Å². The molecule has 78 valence electrons. The van der Waals surface area contributed by atoms with Gasteiger partial charge in [-0.25, -0.2) is 8.78 Å². The third-order valence-corrected chi connectivity index (χ3v) is 2.45. The summed E-state index contributed by atoms with van der Waals surface area (Å²) >= 11 is 0. The van der Waals surface area contributed by atoms with E-state index in [1.165, 1.54) is 6.07 Å². The van der Waals surface area contributed by atoms with Crippen molar-refractivity contribution in [3.63, 3.8) is 0 Å². The van der Waals surface area contributed by atoms with Gasteiger partial charge in [0, 0.05) is 0 Å². The maximum absolute atomic E-state index is 12.4. The third-order valence-electron chi connectivity index (χ3n) is 2.45. The number of nitriles is 1. The van der Waals surface area contributed by atoms with Crippen molar-refractivity contribution < 1.29 is 8.78 Å². The molecule has 1 aromatic heterocycles. The molecule has 0 unspecified atom stereocenters. The summed E-state index contributed by atoms with van der Waals surface area (Å²) in [7, 11) is 0. The second kappa shape index (κ2) is 3.46. The second-order valence-electron chi connectivity index (χ2n) is 3.57. The summed E-state index contributed by atoms with van der Waals surface area (Å²) in [5.41, 5.74) is -0.670. The fraction of sp³-hybridized carbons (Fsp3) is 0.400. The number of aromatic nitrogens is 1. The van der Waals surface area contributed by atoms with E-state index in [-0.39, 0.29) is 11.5 Å². The van der Waals surface area contributed by atoms with Gasteiger partial charge in [-0.1, -0.05) is 0 Å². The number of rotatable bonds is 2. The van der Waals surface area contributed by atoms with Crippen molar-refractivity contribution in [2.24, 2.45) is 0 Å². The summed E-state index contributed by atoms with van der Waals surface area (Å²) in [6.07, 6.45) is -0.982. The summed E-state index contributed by atoms with van der Waals surface area (Å²) in [5.74, 6) is 0.111.